The first-order chi connectivity index (χ1) is 15.1. The molecule has 1 aliphatic heterocycles. The van der Waals surface area contributed by atoms with E-state index in [1.54, 1.807) is 11.1 Å². The van der Waals surface area contributed by atoms with Gasteiger partial charge >= 0.3 is 6.09 Å². The fourth-order valence-corrected chi connectivity index (χ4v) is 4.59. The normalized spacial score (nSPS) is 15.3. The Labute approximate surface area is 185 Å². The third kappa shape index (κ3) is 5.30. The Hall–Kier alpha value is -3.19. The van der Waals surface area contributed by atoms with Crippen LogP contribution in [0.3, 0.4) is 0 Å². The van der Waals surface area contributed by atoms with Crippen molar-refractivity contribution >= 4 is 28.5 Å². The highest BCUT2D eigenvalue weighted by Gasteiger charge is 2.39. The van der Waals surface area contributed by atoms with Crippen LogP contribution in [0.15, 0.2) is 72.2 Å². The van der Waals surface area contributed by atoms with Gasteiger partial charge in [0.05, 0.1) is 0 Å². The molecule has 4 rings (SSSR count). The average Bonchev–Trinajstić information content (AvgIpc) is 3.32. The highest BCUT2D eigenvalue weighted by Crippen LogP contribution is 2.39. The summed E-state index contributed by atoms with van der Waals surface area (Å²) < 4.78 is 5.49. The summed E-state index contributed by atoms with van der Waals surface area (Å²) in [6.45, 7) is 1.36. The van der Waals surface area contributed by atoms with Gasteiger partial charge in [-0.15, -0.1) is 11.3 Å². The minimum atomic E-state index is -0.321. The van der Waals surface area contributed by atoms with E-state index in [1.807, 2.05) is 53.9 Å². The van der Waals surface area contributed by atoms with Gasteiger partial charge in [0.1, 0.15) is 6.61 Å². The smallest absolute Gasteiger partial charge is 0.410 e. The van der Waals surface area contributed by atoms with Gasteiger partial charge in [-0.1, -0.05) is 60.7 Å². The molecule has 3 aromatic rings. The topological polar surface area (TPSA) is 71.5 Å². The van der Waals surface area contributed by atoms with Crippen LogP contribution in [0.25, 0.3) is 0 Å². The zero-order valence-corrected chi connectivity index (χ0v) is 18.0. The number of amides is 2. The third-order valence-electron chi connectivity index (χ3n) is 5.75. The van der Waals surface area contributed by atoms with Gasteiger partial charge in [0.25, 0.3) is 0 Å². The quantitative estimate of drug-likeness (QED) is 0.601. The molecule has 31 heavy (non-hydrogen) atoms. The molecular weight excluding hydrogens is 410 g/mol. The number of rotatable bonds is 6. The number of nitrogens with zero attached hydrogens (tertiary/aromatic N) is 2. The molecule has 6 nitrogen and oxygen atoms in total. The molecule has 2 aromatic carbocycles. The average molecular weight is 436 g/mol. The molecule has 1 aliphatic rings. The summed E-state index contributed by atoms with van der Waals surface area (Å²) in [5.74, 6) is -0.0566. The van der Waals surface area contributed by atoms with Crippen LogP contribution in [0.4, 0.5) is 9.93 Å². The van der Waals surface area contributed by atoms with Crippen molar-refractivity contribution in [2.24, 2.45) is 0 Å². The molecule has 2 amide bonds. The van der Waals surface area contributed by atoms with Gasteiger partial charge < -0.3 is 15.0 Å². The van der Waals surface area contributed by atoms with Crippen molar-refractivity contribution in [2.75, 3.05) is 18.4 Å². The largest absolute Gasteiger partial charge is 0.445 e. The number of carbonyl (C=O) groups is 2. The molecule has 0 bridgehead atoms. The molecule has 7 heteroatoms. The van der Waals surface area contributed by atoms with Crippen LogP contribution in [0.5, 0.6) is 0 Å². The van der Waals surface area contributed by atoms with Crippen molar-refractivity contribution in [1.82, 2.24) is 9.88 Å². The van der Waals surface area contributed by atoms with Crippen molar-refractivity contribution in [3.8, 4) is 0 Å². The zero-order chi connectivity index (χ0) is 21.5. The summed E-state index contributed by atoms with van der Waals surface area (Å²) >= 11 is 1.40. The lowest BCUT2D eigenvalue weighted by molar-refractivity contribution is -0.117. The predicted molar refractivity (Wildman–Crippen MR) is 121 cm³/mol. The molecule has 1 N–H and O–H groups in total. The third-order valence-corrected chi connectivity index (χ3v) is 6.44. The van der Waals surface area contributed by atoms with Crippen LogP contribution < -0.4 is 5.32 Å². The summed E-state index contributed by atoms with van der Waals surface area (Å²) in [7, 11) is 0. The second-order valence-electron chi connectivity index (χ2n) is 7.74. The van der Waals surface area contributed by atoms with E-state index < -0.39 is 0 Å². The summed E-state index contributed by atoms with van der Waals surface area (Å²) in [5, 5.41) is 5.34. The number of anilines is 1. The number of carbonyl (C=O) groups excluding carboxylic acids is 2. The zero-order valence-electron chi connectivity index (χ0n) is 17.2. The SMILES string of the molecule is O=C(CC1(c2ccccc2)CCN(C(=O)OCc2ccccc2)CC1)Nc1nccs1. The Morgan fingerprint density at radius 2 is 1.71 bits per heavy atom. The summed E-state index contributed by atoms with van der Waals surface area (Å²) in [6, 6.07) is 19.8. The van der Waals surface area contributed by atoms with Crippen molar-refractivity contribution in [2.45, 2.75) is 31.3 Å². The lowest BCUT2D eigenvalue weighted by Crippen LogP contribution is -2.46. The van der Waals surface area contributed by atoms with Gasteiger partial charge in [-0.25, -0.2) is 9.78 Å². The van der Waals surface area contributed by atoms with Gasteiger partial charge in [-0.2, -0.15) is 0 Å². The van der Waals surface area contributed by atoms with Gasteiger partial charge in [0.2, 0.25) is 5.91 Å². The van der Waals surface area contributed by atoms with E-state index in [0.717, 1.165) is 11.1 Å². The number of ether oxygens (including phenoxy) is 1. The van der Waals surface area contributed by atoms with E-state index in [4.69, 9.17) is 4.74 Å². The van der Waals surface area contributed by atoms with Crippen LogP contribution in [0.2, 0.25) is 0 Å². The van der Waals surface area contributed by atoms with E-state index in [0.29, 0.717) is 37.5 Å². The molecule has 0 saturated carbocycles. The van der Waals surface area contributed by atoms with E-state index in [-0.39, 0.29) is 24.0 Å². The first-order valence-electron chi connectivity index (χ1n) is 10.4. The molecular formula is C24H25N3O3S. The fourth-order valence-electron chi connectivity index (χ4n) is 4.04. The number of piperidine rings is 1. The monoisotopic (exact) mass is 435 g/mol. The molecule has 1 aromatic heterocycles. The van der Waals surface area contributed by atoms with Gasteiger partial charge in [-0.05, 0) is 24.0 Å². The number of hydrogen-bond donors (Lipinski definition) is 1. The molecule has 0 aliphatic carbocycles. The van der Waals surface area contributed by atoms with Crippen molar-refractivity contribution in [3.63, 3.8) is 0 Å². The summed E-state index contributed by atoms with van der Waals surface area (Å²) in [4.78, 5) is 31.2. The summed E-state index contributed by atoms with van der Waals surface area (Å²) in [5.41, 5.74) is 1.77. The van der Waals surface area contributed by atoms with E-state index >= 15 is 0 Å². The number of thiazole rings is 1. The highest BCUT2D eigenvalue weighted by atomic mass is 32.1. The molecule has 1 fully saturated rings. The molecule has 160 valence electrons. The minimum Gasteiger partial charge on any atom is -0.445 e. The lowest BCUT2D eigenvalue weighted by atomic mass is 9.70. The van der Waals surface area contributed by atoms with Gasteiger partial charge in [-0.3, -0.25) is 4.79 Å². The maximum atomic E-state index is 12.8. The summed E-state index contributed by atoms with van der Waals surface area (Å²) in [6.07, 6.45) is 3.11. The van der Waals surface area contributed by atoms with E-state index in [1.165, 1.54) is 11.3 Å². The second-order valence-corrected chi connectivity index (χ2v) is 8.63. The van der Waals surface area contributed by atoms with Gasteiger partial charge in [0, 0.05) is 36.5 Å². The number of likely N-dealkylation sites (tertiary alicyclic amines) is 1. The Balaban J connectivity index is 1.40. The van der Waals surface area contributed by atoms with E-state index in [2.05, 4.69) is 22.4 Å². The van der Waals surface area contributed by atoms with Crippen molar-refractivity contribution in [3.05, 3.63) is 83.4 Å². The Kier molecular flexibility index (Phi) is 6.62. The number of nitrogens with one attached hydrogen (secondary N) is 1. The highest BCUT2D eigenvalue weighted by molar-refractivity contribution is 7.13. The van der Waals surface area contributed by atoms with Crippen LogP contribution in [0.1, 0.15) is 30.4 Å². The number of aromatic nitrogens is 1. The Morgan fingerprint density at radius 1 is 1.03 bits per heavy atom. The molecule has 0 unspecified atom stereocenters. The maximum absolute atomic E-state index is 12.8. The standard InChI is InChI=1S/C24H25N3O3S/c28-21(26-22-25-13-16-31-22)17-24(20-9-5-2-6-10-20)11-14-27(15-12-24)23(29)30-18-19-7-3-1-4-8-19/h1-10,13,16H,11-12,14-15,17-18H2,(H,25,26,28). The van der Waals surface area contributed by atoms with Crippen LogP contribution >= 0.6 is 11.3 Å². The van der Waals surface area contributed by atoms with Crippen molar-refractivity contribution in [1.29, 1.82) is 0 Å². The Morgan fingerprint density at radius 3 is 2.35 bits per heavy atom. The predicted octanol–water partition coefficient (Wildman–Crippen LogP) is 4.84. The molecule has 1 saturated heterocycles. The maximum Gasteiger partial charge on any atom is 0.410 e. The number of hydrogen-bond acceptors (Lipinski definition) is 5. The first kappa shape index (κ1) is 21.1. The molecule has 2 heterocycles. The van der Waals surface area contributed by atoms with Crippen molar-refractivity contribution < 1.29 is 14.3 Å². The number of benzene rings is 2. The Bertz CT molecular complexity index is 985. The van der Waals surface area contributed by atoms with Crippen LogP contribution in [-0.2, 0) is 21.6 Å². The molecule has 0 radical (unpaired) electrons. The lowest BCUT2D eigenvalue weighted by Gasteiger charge is -2.41. The fraction of sp³-hybridized carbons (Fsp3) is 0.292. The first-order valence-corrected chi connectivity index (χ1v) is 11.2. The van der Waals surface area contributed by atoms with Crippen LogP contribution in [-0.4, -0.2) is 35.0 Å². The molecule has 0 atom stereocenters. The second kappa shape index (κ2) is 9.75. The minimum absolute atomic E-state index is 0.0566. The van der Waals surface area contributed by atoms with E-state index in [9.17, 15) is 9.59 Å². The van der Waals surface area contributed by atoms with Crippen LogP contribution in [0, 0.1) is 0 Å². The van der Waals surface area contributed by atoms with Gasteiger partial charge in [0.15, 0.2) is 5.13 Å². The molecule has 0 spiro atoms.